The maximum Gasteiger partial charge on any atom is 0.248 e. The summed E-state index contributed by atoms with van der Waals surface area (Å²) < 4.78 is 1.62. The van der Waals surface area contributed by atoms with Gasteiger partial charge in [-0.05, 0) is 29.0 Å². The standard InChI is InChI=1S/C12H13N5/c1-3-10(4-2)13-12-14-15-16-17(12)11-8-6-5-7-9-11/h1,5-10H,4H2,2H3,(H,13,14,16). The Morgan fingerprint density at radius 3 is 2.82 bits per heavy atom. The lowest BCUT2D eigenvalue weighted by atomic mass is 10.2. The van der Waals surface area contributed by atoms with Gasteiger partial charge in [-0.15, -0.1) is 6.42 Å². The normalized spacial score (nSPS) is 11.8. The molecule has 0 aliphatic heterocycles. The maximum absolute atomic E-state index is 5.40. The van der Waals surface area contributed by atoms with Crippen LogP contribution in [0.1, 0.15) is 13.3 Å². The van der Waals surface area contributed by atoms with Crippen LogP contribution in [0, 0.1) is 12.3 Å². The maximum atomic E-state index is 5.40. The molecule has 5 heteroatoms. The molecule has 0 spiro atoms. The Hall–Kier alpha value is -2.35. The van der Waals surface area contributed by atoms with Gasteiger partial charge in [0.25, 0.3) is 0 Å². The summed E-state index contributed by atoms with van der Waals surface area (Å²) in [6.45, 7) is 2.01. The molecule has 5 nitrogen and oxygen atoms in total. The lowest BCUT2D eigenvalue weighted by Gasteiger charge is -2.11. The summed E-state index contributed by atoms with van der Waals surface area (Å²) in [4.78, 5) is 0. The quantitative estimate of drug-likeness (QED) is 0.804. The molecule has 1 atom stereocenters. The van der Waals surface area contributed by atoms with Gasteiger partial charge < -0.3 is 5.32 Å². The fraction of sp³-hybridized carbons (Fsp3) is 0.250. The molecule has 1 heterocycles. The van der Waals surface area contributed by atoms with Gasteiger partial charge in [0.2, 0.25) is 5.95 Å². The van der Waals surface area contributed by atoms with Gasteiger partial charge in [0.1, 0.15) is 0 Å². The number of nitrogens with one attached hydrogen (secondary N) is 1. The molecular formula is C12H13N5. The van der Waals surface area contributed by atoms with Crippen LogP contribution >= 0.6 is 0 Å². The van der Waals surface area contributed by atoms with Gasteiger partial charge in [-0.25, -0.2) is 0 Å². The third-order valence-electron chi connectivity index (χ3n) is 2.38. The molecule has 1 unspecified atom stereocenters. The number of anilines is 1. The zero-order valence-corrected chi connectivity index (χ0v) is 9.54. The number of aromatic nitrogens is 4. The molecule has 2 aromatic rings. The highest BCUT2D eigenvalue weighted by Gasteiger charge is 2.10. The predicted octanol–water partition coefficient (Wildman–Crippen LogP) is 1.49. The van der Waals surface area contributed by atoms with E-state index in [1.165, 1.54) is 0 Å². The predicted molar refractivity (Wildman–Crippen MR) is 65.7 cm³/mol. The van der Waals surface area contributed by atoms with Crippen LogP contribution < -0.4 is 5.32 Å². The van der Waals surface area contributed by atoms with E-state index in [9.17, 15) is 0 Å². The second-order valence-corrected chi connectivity index (χ2v) is 3.52. The van der Waals surface area contributed by atoms with Gasteiger partial charge in [-0.3, -0.25) is 0 Å². The van der Waals surface area contributed by atoms with Crippen molar-refractivity contribution in [2.24, 2.45) is 0 Å². The summed E-state index contributed by atoms with van der Waals surface area (Å²) in [6.07, 6.45) is 6.22. The smallest absolute Gasteiger partial charge is 0.248 e. The van der Waals surface area contributed by atoms with E-state index < -0.39 is 0 Å². The van der Waals surface area contributed by atoms with Crippen LogP contribution in [0.15, 0.2) is 30.3 Å². The number of tetrazole rings is 1. The average molecular weight is 227 g/mol. The van der Waals surface area contributed by atoms with Crippen molar-refractivity contribution in [2.75, 3.05) is 5.32 Å². The first-order valence-electron chi connectivity index (χ1n) is 5.41. The van der Waals surface area contributed by atoms with Crippen LogP contribution in [0.2, 0.25) is 0 Å². The monoisotopic (exact) mass is 227 g/mol. The van der Waals surface area contributed by atoms with E-state index in [-0.39, 0.29) is 6.04 Å². The van der Waals surface area contributed by atoms with Gasteiger partial charge in [-0.1, -0.05) is 36.1 Å². The summed E-state index contributed by atoms with van der Waals surface area (Å²) in [6, 6.07) is 9.59. The number of para-hydroxylation sites is 1. The van der Waals surface area contributed by atoms with Crippen molar-refractivity contribution in [3.8, 4) is 18.0 Å². The highest BCUT2D eigenvalue weighted by Crippen LogP contribution is 2.11. The SMILES string of the molecule is C#CC(CC)Nc1nnnn1-c1ccccc1. The lowest BCUT2D eigenvalue weighted by molar-refractivity contribution is 0.780. The van der Waals surface area contributed by atoms with E-state index in [1.54, 1.807) is 4.68 Å². The van der Waals surface area contributed by atoms with Gasteiger partial charge in [-0.2, -0.15) is 4.68 Å². The van der Waals surface area contributed by atoms with E-state index in [0.717, 1.165) is 12.1 Å². The van der Waals surface area contributed by atoms with Crippen LogP contribution in [-0.2, 0) is 0 Å². The molecule has 0 bridgehead atoms. The van der Waals surface area contributed by atoms with Crippen molar-refractivity contribution >= 4 is 5.95 Å². The van der Waals surface area contributed by atoms with E-state index >= 15 is 0 Å². The van der Waals surface area contributed by atoms with Crippen LogP contribution in [0.25, 0.3) is 5.69 Å². The fourth-order valence-corrected chi connectivity index (χ4v) is 1.44. The lowest BCUT2D eigenvalue weighted by Crippen LogP contribution is -2.19. The molecule has 1 N–H and O–H groups in total. The Morgan fingerprint density at radius 2 is 2.18 bits per heavy atom. The first kappa shape index (κ1) is 11.1. The zero-order valence-electron chi connectivity index (χ0n) is 9.54. The summed E-state index contributed by atoms with van der Waals surface area (Å²) in [5, 5.41) is 14.6. The summed E-state index contributed by atoms with van der Waals surface area (Å²) in [7, 11) is 0. The molecular weight excluding hydrogens is 214 g/mol. The first-order chi connectivity index (χ1) is 8.35. The highest BCUT2D eigenvalue weighted by molar-refractivity contribution is 5.40. The second kappa shape index (κ2) is 5.12. The summed E-state index contributed by atoms with van der Waals surface area (Å²) in [5.74, 6) is 3.21. The van der Waals surface area contributed by atoms with Crippen LogP contribution in [0.4, 0.5) is 5.95 Å². The Bertz CT molecular complexity index is 511. The molecule has 1 aromatic heterocycles. The van der Waals surface area contributed by atoms with Gasteiger partial charge in [0.15, 0.2) is 0 Å². The number of terminal acetylenes is 1. The summed E-state index contributed by atoms with van der Waals surface area (Å²) >= 11 is 0. The minimum absolute atomic E-state index is 0.0662. The molecule has 0 saturated heterocycles. The molecule has 17 heavy (non-hydrogen) atoms. The van der Waals surface area contributed by atoms with E-state index in [0.29, 0.717) is 5.95 Å². The number of nitrogens with zero attached hydrogens (tertiary/aromatic N) is 4. The van der Waals surface area contributed by atoms with Crippen LogP contribution in [0.5, 0.6) is 0 Å². The van der Waals surface area contributed by atoms with E-state index in [1.807, 2.05) is 37.3 Å². The fourth-order valence-electron chi connectivity index (χ4n) is 1.44. The number of rotatable bonds is 4. The van der Waals surface area contributed by atoms with Crippen molar-refractivity contribution in [3.63, 3.8) is 0 Å². The van der Waals surface area contributed by atoms with Crippen molar-refractivity contribution < 1.29 is 0 Å². The Balaban J connectivity index is 2.27. The van der Waals surface area contributed by atoms with E-state index in [2.05, 4.69) is 26.8 Å². The Labute approximate surface area is 99.8 Å². The molecule has 1 aromatic carbocycles. The number of benzene rings is 1. The van der Waals surface area contributed by atoms with Crippen LogP contribution in [0.3, 0.4) is 0 Å². The highest BCUT2D eigenvalue weighted by atomic mass is 15.6. The van der Waals surface area contributed by atoms with Crippen molar-refractivity contribution in [2.45, 2.75) is 19.4 Å². The molecule has 0 radical (unpaired) electrons. The van der Waals surface area contributed by atoms with Crippen molar-refractivity contribution in [1.82, 2.24) is 20.2 Å². The largest absolute Gasteiger partial charge is 0.339 e. The third kappa shape index (κ3) is 2.42. The molecule has 86 valence electrons. The molecule has 0 saturated carbocycles. The summed E-state index contributed by atoms with van der Waals surface area (Å²) in [5.41, 5.74) is 0.895. The minimum Gasteiger partial charge on any atom is -0.339 e. The molecule has 2 rings (SSSR count). The minimum atomic E-state index is -0.0662. The topological polar surface area (TPSA) is 55.6 Å². The molecule has 0 amide bonds. The Kier molecular flexibility index (Phi) is 3.36. The zero-order chi connectivity index (χ0) is 12.1. The van der Waals surface area contributed by atoms with Gasteiger partial charge in [0.05, 0.1) is 11.7 Å². The van der Waals surface area contributed by atoms with Crippen LogP contribution in [-0.4, -0.2) is 26.2 Å². The van der Waals surface area contributed by atoms with Crippen molar-refractivity contribution in [1.29, 1.82) is 0 Å². The molecule has 0 aliphatic carbocycles. The van der Waals surface area contributed by atoms with Crippen molar-refractivity contribution in [3.05, 3.63) is 30.3 Å². The van der Waals surface area contributed by atoms with Gasteiger partial charge >= 0.3 is 0 Å². The second-order valence-electron chi connectivity index (χ2n) is 3.52. The third-order valence-corrected chi connectivity index (χ3v) is 2.38. The number of hydrogen-bond acceptors (Lipinski definition) is 4. The Morgan fingerprint density at radius 1 is 1.41 bits per heavy atom. The van der Waals surface area contributed by atoms with Gasteiger partial charge in [0, 0.05) is 0 Å². The molecule has 0 aliphatic rings. The average Bonchev–Trinajstić information content (AvgIpc) is 2.85. The van der Waals surface area contributed by atoms with E-state index in [4.69, 9.17) is 6.42 Å². The molecule has 0 fully saturated rings. The first-order valence-corrected chi connectivity index (χ1v) is 5.41. The number of hydrogen-bond donors (Lipinski definition) is 1.